The fourth-order valence-corrected chi connectivity index (χ4v) is 2.41. The van der Waals surface area contributed by atoms with Crippen molar-refractivity contribution < 1.29 is 0 Å². The smallest absolute Gasteiger partial charge is 0.225 e. The monoisotopic (exact) mass is 248 g/mol. The first kappa shape index (κ1) is 13.3. The Morgan fingerprint density at radius 3 is 2.83 bits per heavy atom. The van der Waals surface area contributed by atoms with Crippen LogP contribution in [0.2, 0.25) is 0 Å². The molecular weight excluding hydrogens is 224 g/mol. The molecular formula is C14H24N4. The highest BCUT2D eigenvalue weighted by atomic mass is 15.3. The third-order valence-electron chi connectivity index (χ3n) is 3.57. The minimum absolute atomic E-state index is 0.0612. The molecule has 1 fully saturated rings. The van der Waals surface area contributed by atoms with Gasteiger partial charge in [0.2, 0.25) is 5.95 Å². The van der Waals surface area contributed by atoms with E-state index in [0.29, 0.717) is 12.6 Å². The van der Waals surface area contributed by atoms with Gasteiger partial charge in [0.25, 0.3) is 0 Å². The molecule has 1 aromatic heterocycles. The van der Waals surface area contributed by atoms with E-state index in [0.717, 1.165) is 24.6 Å². The highest BCUT2D eigenvalue weighted by Gasteiger charge is 2.24. The molecule has 0 saturated carbocycles. The zero-order chi connectivity index (χ0) is 13.2. The second-order valence-electron chi connectivity index (χ2n) is 6.07. The van der Waals surface area contributed by atoms with Crippen LogP contribution in [0.25, 0.3) is 0 Å². The van der Waals surface area contributed by atoms with E-state index in [2.05, 4.69) is 30.7 Å². The van der Waals surface area contributed by atoms with E-state index < -0.39 is 0 Å². The molecule has 2 heterocycles. The Morgan fingerprint density at radius 2 is 2.17 bits per heavy atom. The van der Waals surface area contributed by atoms with Gasteiger partial charge in [0.1, 0.15) is 0 Å². The van der Waals surface area contributed by atoms with Crippen LogP contribution in [-0.4, -0.2) is 29.1 Å². The number of piperidine rings is 1. The summed E-state index contributed by atoms with van der Waals surface area (Å²) in [6, 6.07) is 2.40. The van der Waals surface area contributed by atoms with Gasteiger partial charge < -0.3 is 10.6 Å². The molecule has 4 nitrogen and oxygen atoms in total. The van der Waals surface area contributed by atoms with E-state index in [1.54, 1.807) is 0 Å². The molecule has 0 aromatic carbocycles. The molecule has 0 radical (unpaired) electrons. The Bertz CT molecular complexity index is 397. The Labute approximate surface area is 110 Å². The molecule has 1 atom stereocenters. The molecule has 0 bridgehead atoms. The van der Waals surface area contributed by atoms with Gasteiger partial charge in [-0.15, -0.1) is 0 Å². The molecule has 0 aliphatic carbocycles. The Morgan fingerprint density at radius 1 is 1.39 bits per heavy atom. The van der Waals surface area contributed by atoms with Crippen molar-refractivity contribution in [1.82, 2.24) is 9.97 Å². The molecule has 0 amide bonds. The third-order valence-corrected chi connectivity index (χ3v) is 3.57. The van der Waals surface area contributed by atoms with Gasteiger partial charge in [-0.25, -0.2) is 9.97 Å². The van der Waals surface area contributed by atoms with Crippen LogP contribution in [0.4, 0.5) is 5.95 Å². The fourth-order valence-electron chi connectivity index (χ4n) is 2.41. The van der Waals surface area contributed by atoms with E-state index in [-0.39, 0.29) is 5.41 Å². The van der Waals surface area contributed by atoms with Gasteiger partial charge in [0.15, 0.2) is 0 Å². The van der Waals surface area contributed by atoms with Crippen molar-refractivity contribution >= 4 is 5.95 Å². The molecule has 1 aliphatic rings. The highest BCUT2D eigenvalue weighted by Crippen LogP contribution is 2.24. The highest BCUT2D eigenvalue weighted by molar-refractivity contribution is 5.34. The summed E-state index contributed by atoms with van der Waals surface area (Å²) in [5.74, 6) is 0.845. The average molecular weight is 248 g/mol. The summed E-state index contributed by atoms with van der Waals surface area (Å²) in [4.78, 5) is 11.4. The molecule has 2 N–H and O–H groups in total. The summed E-state index contributed by atoms with van der Waals surface area (Å²) in [6.45, 7) is 8.24. The molecule has 1 aromatic rings. The maximum atomic E-state index is 5.86. The number of aromatic nitrogens is 2. The van der Waals surface area contributed by atoms with E-state index >= 15 is 0 Å². The molecule has 2 rings (SSSR count). The van der Waals surface area contributed by atoms with E-state index in [1.807, 2.05) is 12.3 Å². The lowest BCUT2D eigenvalue weighted by Crippen LogP contribution is -2.45. The molecule has 4 heteroatoms. The van der Waals surface area contributed by atoms with Crippen molar-refractivity contribution in [3.63, 3.8) is 0 Å². The van der Waals surface area contributed by atoms with Crippen LogP contribution in [0.3, 0.4) is 0 Å². The minimum Gasteiger partial charge on any atom is -0.337 e. The third kappa shape index (κ3) is 2.80. The lowest BCUT2D eigenvalue weighted by atomic mass is 9.92. The molecule has 0 spiro atoms. The second-order valence-corrected chi connectivity index (χ2v) is 6.07. The van der Waals surface area contributed by atoms with Gasteiger partial charge in [-0.1, -0.05) is 20.8 Å². The SMILES string of the molecule is CC(C)(C)c1ccnc(N2CCCCC2CN)n1. The standard InChI is InChI=1S/C14H24N4/c1-14(2,3)12-7-8-16-13(17-12)18-9-5-4-6-11(18)10-15/h7-8,11H,4-6,9-10,15H2,1-3H3. The van der Waals surface area contributed by atoms with Crippen molar-refractivity contribution in [3.8, 4) is 0 Å². The van der Waals surface area contributed by atoms with Crippen molar-refractivity contribution in [2.24, 2.45) is 5.73 Å². The minimum atomic E-state index is 0.0612. The van der Waals surface area contributed by atoms with Gasteiger partial charge >= 0.3 is 0 Å². The average Bonchev–Trinajstić information content (AvgIpc) is 2.38. The lowest BCUT2D eigenvalue weighted by molar-refractivity contribution is 0.455. The maximum Gasteiger partial charge on any atom is 0.225 e. The molecule has 1 aliphatic heterocycles. The Kier molecular flexibility index (Phi) is 3.85. The summed E-state index contributed by atoms with van der Waals surface area (Å²) >= 11 is 0. The van der Waals surface area contributed by atoms with Crippen molar-refractivity contribution in [3.05, 3.63) is 18.0 Å². The topological polar surface area (TPSA) is 55.0 Å². The van der Waals surface area contributed by atoms with Crippen LogP contribution in [-0.2, 0) is 5.41 Å². The van der Waals surface area contributed by atoms with Crippen LogP contribution >= 0.6 is 0 Å². The maximum absolute atomic E-state index is 5.86. The molecule has 18 heavy (non-hydrogen) atoms. The Balaban J connectivity index is 2.27. The summed E-state index contributed by atoms with van der Waals surface area (Å²) in [5, 5.41) is 0. The number of anilines is 1. The van der Waals surface area contributed by atoms with Crippen molar-refractivity contribution in [2.75, 3.05) is 18.0 Å². The summed E-state index contributed by atoms with van der Waals surface area (Å²) in [5.41, 5.74) is 7.01. The number of nitrogens with zero attached hydrogens (tertiary/aromatic N) is 3. The van der Waals surface area contributed by atoms with Gasteiger partial charge in [0, 0.05) is 30.7 Å². The number of hydrogen-bond donors (Lipinski definition) is 1. The first-order valence-electron chi connectivity index (χ1n) is 6.82. The summed E-state index contributed by atoms with van der Waals surface area (Å²) in [7, 11) is 0. The molecule has 1 unspecified atom stereocenters. The van der Waals surface area contributed by atoms with Gasteiger partial charge in [-0.2, -0.15) is 0 Å². The Hall–Kier alpha value is -1.16. The predicted molar refractivity (Wildman–Crippen MR) is 74.8 cm³/mol. The number of nitrogens with two attached hydrogens (primary N) is 1. The fraction of sp³-hybridized carbons (Fsp3) is 0.714. The normalized spacial score (nSPS) is 21.1. The van der Waals surface area contributed by atoms with Crippen LogP contribution in [0.5, 0.6) is 0 Å². The van der Waals surface area contributed by atoms with Crippen molar-refractivity contribution in [1.29, 1.82) is 0 Å². The first-order valence-corrected chi connectivity index (χ1v) is 6.82. The lowest BCUT2D eigenvalue weighted by Gasteiger charge is -2.35. The van der Waals surface area contributed by atoms with Gasteiger partial charge in [-0.05, 0) is 25.3 Å². The second kappa shape index (κ2) is 5.22. The molecule has 1 saturated heterocycles. The van der Waals surface area contributed by atoms with E-state index in [4.69, 9.17) is 10.7 Å². The summed E-state index contributed by atoms with van der Waals surface area (Å²) in [6.07, 6.45) is 5.49. The zero-order valence-corrected chi connectivity index (χ0v) is 11.7. The van der Waals surface area contributed by atoms with Crippen molar-refractivity contribution in [2.45, 2.75) is 51.5 Å². The number of rotatable bonds is 2. The van der Waals surface area contributed by atoms with Gasteiger partial charge in [0.05, 0.1) is 5.69 Å². The summed E-state index contributed by atoms with van der Waals surface area (Å²) < 4.78 is 0. The van der Waals surface area contributed by atoms with E-state index in [9.17, 15) is 0 Å². The van der Waals surface area contributed by atoms with Gasteiger partial charge in [-0.3, -0.25) is 0 Å². The first-order chi connectivity index (χ1) is 8.52. The largest absolute Gasteiger partial charge is 0.337 e. The zero-order valence-electron chi connectivity index (χ0n) is 11.7. The van der Waals surface area contributed by atoms with Crippen LogP contribution < -0.4 is 10.6 Å². The molecule has 100 valence electrons. The van der Waals surface area contributed by atoms with Crippen LogP contribution in [0.1, 0.15) is 45.7 Å². The predicted octanol–water partition coefficient (Wildman–Crippen LogP) is 2.09. The van der Waals surface area contributed by atoms with Crippen LogP contribution in [0, 0.1) is 0 Å². The van der Waals surface area contributed by atoms with Crippen LogP contribution in [0.15, 0.2) is 12.3 Å². The van der Waals surface area contributed by atoms with E-state index in [1.165, 1.54) is 12.8 Å². The number of hydrogen-bond acceptors (Lipinski definition) is 4. The quantitative estimate of drug-likeness (QED) is 0.870.